The van der Waals surface area contributed by atoms with E-state index in [-0.39, 0.29) is 5.41 Å². The second-order valence-corrected chi connectivity index (χ2v) is 5.38. The van der Waals surface area contributed by atoms with Crippen molar-refractivity contribution in [3.63, 3.8) is 0 Å². The minimum atomic E-state index is -0.0192. The van der Waals surface area contributed by atoms with Crippen molar-refractivity contribution in [1.82, 2.24) is 15.2 Å². The van der Waals surface area contributed by atoms with Crippen LogP contribution < -0.4 is 4.74 Å². The maximum absolute atomic E-state index is 5.13. The third-order valence-electron chi connectivity index (χ3n) is 2.73. The third-order valence-corrected chi connectivity index (χ3v) is 2.73. The second-order valence-electron chi connectivity index (χ2n) is 5.38. The first-order chi connectivity index (χ1) is 8.49. The first kappa shape index (κ1) is 12.6. The van der Waals surface area contributed by atoms with Crippen LogP contribution in [0.1, 0.15) is 38.0 Å². The Bertz CT molecular complexity index is 509. The van der Waals surface area contributed by atoms with E-state index in [9.17, 15) is 0 Å². The van der Waals surface area contributed by atoms with Gasteiger partial charge in [-0.05, 0) is 17.7 Å². The number of hydrogen-bond donors (Lipinski definition) is 1. The van der Waals surface area contributed by atoms with E-state index in [2.05, 4.69) is 36.0 Å². The van der Waals surface area contributed by atoms with Gasteiger partial charge in [-0.3, -0.25) is 5.10 Å². The SMILES string of the molecule is COc1ccc(Cc2nc(C(C)(C)C)n[nH]2)cc1. The molecule has 0 fully saturated rings. The zero-order chi connectivity index (χ0) is 13.2. The molecule has 4 nitrogen and oxygen atoms in total. The van der Waals surface area contributed by atoms with Crippen molar-refractivity contribution < 1.29 is 4.74 Å². The summed E-state index contributed by atoms with van der Waals surface area (Å²) in [6.45, 7) is 6.31. The molecule has 0 bridgehead atoms. The van der Waals surface area contributed by atoms with Gasteiger partial charge < -0.3 is 4.74 Å². The molecule has 1 heterocycles. The highest BCUT2D eigenvalue weighted by molar-refractivity contribution is 5.28. The van der Waals surface area contributed by atoms with Crippen LogP contribution in [0.15, 0.2) is 24.3 Å². The van der Waals surface area contributed by atoms with Crippen LogP contribution >= 0.6 is 0 Å². The molecule has 0 saturated heterocycles. The van der Waals surface area contributed by atoms with Crippen LogP contribution in [-0.4, -0.2) is 22.3 Å². The first-order valence-electron chi connectivity index (χ1n) is 6.04. The Hall–Kier alpha value is -1.84. The fourth-order valence-corrected chi connectivity index (χ4v) is 1.65. The van der Waals surface area contributed by atoms with E-state index in [1.54, 1.807) is 7.11 Å². The monoisotopic (exact) mass is 245 g/mol. The topological polar surface area (TPSA) is 50.8 Å². The van der Waals surface area contributed by atoms with Crippen LogP contribution in [0, 0.1) is 0 Å². The summed E-state index contributed by atoms with van der Waals surface area (Å²) in [5.74, 6) is 2.61. The fourth-order valence-electron chi connectivity index (χ4n) is 1.65. The van der Waals surface area contributed by atoms with Crippen molar-refractivity contribution in [3.8, 4) is 5.75 Å². The van der Waals surface area contributed by atoms with Gasteiger partial charge in [0.2, 0.25) is 0 Å². The van der Waals surface area contributed by atoms with E-state index < -0.39 is 0 Å². The smallest absolute Gasteiger partial charge is 0.156 e. The number of hydrogen-bond acceptors (Lipinski definition) is 3. The number of methoxy groups -OCH3 is 1. The number of H-pyrrole nitrogens is 1. The van der Waals surface area contributed by atoms with Gasteiger partial charge in [-0.15, -0.1) is 0 Å². The van der Waals surface area contributed by atoms with Crippen LogP contribution in [0.25, 0.3) is 0 Å². The molecular formula is C14H19N3O. The molecule has 4 heteroatoms. The normalized spacial score (nSPS) is 11.6. The van der Waals surface area contributed by atoms with Gasteiger partial charge in [0.05, 0.1) is 7.11 Å². The van der Waals surface area contributed by atoms with E-state index in [1.807, 2.05) is 24.3 Å². The summed E-state index contributed by atoms with van der Waals surface area (Å²) in [4.78, 5) is 4.52. The van der Waals surface area contributed by atoms with E-state index in [0.29, 0.717) is 0 Å². The number of benzene rings is 1. The summed E-state index contributed by atoms with van der Waals surface area (Å²) in [6, 6.07) is 7.99. The van der Waals surface area contributed by atoms with Crippen molar-refractivity contribution in [2.45, 2.75) is 32.6 Å². The highest BCUT2D eigenvalue weighted by atomic mass is 16.5. The number of aromatic amines is 1. The maximum atomic E-state index is 5.13. The zero-order valence-electron chi connectivity index (χ0n) is 11.3. The van der Waals surface area contributed by atoms with Crippen LogP contribution in [-0.2, 0) is 11.8 Å². The average Bonchev–Trinajstić information content (AvgIpc) is 2.78. The molecule has 2 aromatic rings. The Kier molecular flexibility index (Phi) is 3.36. The van der Waals surface area contributed by atoms with Crippen molar-refractivity contribution in [3.05, 3.63) is 41.5 Å². The quantitative estimate of drug-likeness (QED) is 0.904. The summed E-state index contributed by atoms with van der Waals surface area (Å²) in [7, 11) is 1.67. The molecule has 1 aromatic heterocycles. The molecule has 18 heavy (non-hydrogen) atoms. The first-order valence-corrected chi connectivity index (χ1v) is 6.04. The Labute approximate surface area is 107 Å². The van der Waals surface area contributed by atoms with Gasteiger partial charge >= 0.3 is 0 Å². The molecule has 0 aliphatic carbocycles. The molecule has 0 aliphatic heterocycles. The molecule has 2 rings (SSSR count). The molecule has 1 N–H and O–H groups in total. The van der Waals surface area contributed by atoms with E-state index in [0.717, 1.165) is 23.8 Å². The molecule has 0 atom stereocenters. The minimum Gasteiger partial charge on any atom is -0.497 e. The summed E-state index contributed by atoms with van der Waals surface area (Å²) in [5, 5.41) is 7.25. The van der Waals surface area contributed by atoms with Gasteiger partial charge in [-0.1, -0.05) is 32.9 Å². The van der Waals surface area contributed by atoms with Crippen LogP contribution in [0.3, 0.4) is 0 Å². The minimum absolute atomic E-state index is 0.0192. The van der Waals surface area contributed by atoms with Gasteiger partial charge in [0.15, 0.2) is 5.82 Å². The molecule has 96 valence electrons. The molecule has 0 saturated carbocycles. The van der Waals surface area contributed by atoms with Crippen molar-refractivity contribution >= 4 is 0 Å². The van der Waals surface area contributed by atoms with Crippen molar-refractivity contribution in [1.29, 1.82) is 0 Å². The molecule has 1 aromatic carbocycles. The predicted molar refractivity (Wildman–Crippen MR) is 70.9 cm³/mol. The van der Waals surface area contributed by atoms with Gasteiger partial charge in [-0.25, -0.2) is 4.98 Å². The van der Waals surface area contributed by atoms with Crippen molar-refractivity contribution in [2.75, 3.05) is 7.11 Å². The highest BCUT2D eigenvalue weighted by Gasteiger charge is 2.19. The van der Waals surface area contributed by atoms with E-state index in [4.69, 9.17) is 4.74 Å². The van der Waals surface area contributed by atoms with Gasteiger partial charge in [-0.2, -0.15) is 5.10 Å². The highest BCUT2D eigenvalue weighted by Crippen LogP contribution is 2.18. The summed E-state index contributed by atoms with van der Waals surface area (Å²) >= 11 is 0. The standard InChI is InChI=1S/C14H19N3O/c1-14(2,3)13-15-12(16-17-13)9-10-5-7-11(18-4)8-6-10/h5-8H,9H2,1-4H3,(H,15,16,17). The summed E-state index contributed by atoms with van der Waals surface area (Å²) in [5.41, 5.74) is 1.17. The number of ether oxygens (including phenoxy) is 1. The average molecular weight is 245 g/mol. The zero-order valence-corrected chi connectivity index (χ0v) is 11.3. The Balaban J connectivity index is 2.11. The molecule has 0 radical (unpaired) electrons. The number of rotatable bonds is 3. The van der Waals surface area contributed by atoms with Gasteiger partial charge in [0, 0.05) is 11.8 Å². The molecule has 0 amide bonds. The molecule has 0 aliphatic rings. The Morgan fingerprint density at radius 1 is 1.17 bits per heavy atom. The number of nitrogens with one attached hydrogen (secondary N) is 1. The maximum Gasteiger partial charge on any atom is 0.156 e. The molecular weight excluding hydrogens is 226 g/mol. The third kappa shape index (κ3) is 2.88. The lowest BCUT2D eigenvalue weighted by Crippen LogP contribution is -2.13. The summed E-state index contributed by atoms with van der Waals surface area (Å²) < 4.78 is 5.13. The number of nitrogens with zero attached hydrogens (tertiary/aromatic N) is 2. The Morgan fingerprint density at radius 2 is 1.83 bits per heavy atom. The molecule has 0 unspecified atom stereocenters. The van der Waals surface area contributed by atoms with Crippen LogP contribution in [0.4, 0.5) is 0 Å². The lowest BCUT2D eigenvalue weighted by atomic mass is 9.96. The summed E-state index contributed by atoms with van der Waals surface area (Å²) in [6.07, 6.45) is 0.757. The van der Waals surface area contributed by atoms with Crippen LogP contribution in [0.2, 0.25) is 0 Å². The fraction of sp³-hybridized carbons (Fsp3) is 0.429. The van der Waals surface area contributed by atoms with Gasteiger partial charge in [0.1, 0.15) is 11.6 Å². The lowest BCUT2D eigenvalue weighted by molar-refractivity contribution is 0.414. The van der Waals surface area contributed by atoms with E-state index in [1.165, 1.54) is 5.56 Å². The molecule has 0 spiro atoms. The largest absolute Gasteiger partial charge is 0.497 e. The second kappa shape index (κ2) is 4.80. The predicted octanol–water partition coefficient (Wildman–Crippen LogP) is 2.70. The number of aromatic nitrogens is 3. The Morgan fingerprint density at radius 3 is 2.33 bits per heavy atom. The van der Waals surface area contributed by atoms with Crippen molar-refractivity contribution in [2.24, 2.45) is 0 Å². The van der Waals surface area contributed by atoms with E-state index >= 15 is 0 Å². The lowest BCUT2D eigenvalue weighted by Gasteiger charge is -2.11. The van der Waals surface area contributed by atoms with Gasteiger partial charge in [0.25, 0.3) is 0 Å². The van der Waals surface area contributed by atoms with Crippen LogP contribution in [0.5, 0.6) is 5.75 Å².